The van der Waals surface area contributed by atoms with E-state index in [2.05, 4.69) is 25.4 Å². The van der Waals surface area contributed by atoms with Gasteiger partial charge in [-0.05, 0) is 67.3 Å². The van der Waals surface area contributed by atoms with Crippen molar-refractivity contribution in [3.63, 3.8) is 0 Å². The Hall–Kier alpha value is -2.78. The molecule has 0 unspecified atom stereocenters. The topological polar surface area (TPSA) is 98.2 Å². The molecule has 0 bridgehead atoms. The summed E-state index contributed by atoms with van der Waals surface area (Å²) in [7, 11) is 0. The minimum atomic E-state index is -0.0700. The molecule has 2 aromatic heterocycles. The lowest BCUT2D eigenvalue weighted by atomic mass is 10.1. The smallest absolute Gasteiger partial charge is 0.252 e. The molecule has 0 radical (unpaired) electrons. The molecule has 1 saturated carbocycles. The van der Waals surface area contributed by atoms with Crippen LogP contribution in [-0.4, -0.2) is 56.0 Å². The first-order chi connectivity index (χ1) is 16.2. The number of ether oxygens (including phenoxy) is 2. The molecule has 1 saturated heterocycles. The number of fused-ring (bicyclic) bond motifs is 1. The summed E-state index contributed by atoms with van der Waals surface area (Å²) in [4.78, 5) is 18.2. The van der Waals surface area contributed by atoms with Gasteiger partial charge in [-0.3, -0.25) is 9.69 Å². The van der Waals surface area contributed by atoms with Gasteiger partial charge in [0.2, 0.25) is 0 Å². The lowest BCUT2D eigenvalue weighted by Crippen LogP contribution is -2.34. The van der Waals surface area contributed by atoms with Crippen LogP contribution in [0, 0.1) is 0 Å². The van der Waals surface area contributed by atoms with Crippen LogP contribution in [0.2, 0.25) is 0 Å². The monoisotopic (exact) mass is 452 g/mol. The molecule has 5 rings (SSSR count). The molecule has 0 spiro atoms. The van der Waals surface area contributed by atoms with E-state index < -0.39 is 0 Å². The molecule has 3 heterocycles. The molecule has 176 valence electrons. The zero-order valence-corrected chi connectivity index (χ0v) is 19.2. The number of pyridine rings is 1. The maximum atomic E-state index is 12.9. The number of H-pyrrole nitrogens is 1. The maximum Gasteiger partial charge on any atom is 0.252 e. The zero-order chi connectivity index (χ0) is 22.6. The highest BCUT2D eigenvalue weighted by Crippen LogP contribution is 2.29. The second kappa shape index (κ2) is 10.0. The number of aromatic nitrogens is 5. The third-order valence-electron chi connectivity index (χ3n) is 6.68. The number of hydrogen-bond donors (Lipinski definition) is 1. The van der Waals surface area contributed by atoms with Crippen LogP contribution >= 0.6 is 0 Å². The average Bonchev–Trinajstić information content (AvgIpc) is 3.58. The van der Waals surface area contributed by atoms with E-state index in [9.17, 15) is 4.79 Å². The number of benzene rings is 1. The summed E-state index contributed by atoms with van der Waals surface area (Å²) >= 11 is 0. The minimum absolute atomic E-state index is 0.0700. The number of rotatable bonds is 9. The van der Waals surface area contributed by atoms with Crippen molar-refractivity contribution in [1.29, 1.82) is 0 Å². The number of tetrazole rings is 1. The van der Waals surface area contributed by atoms with Gasteiger partial charge in [0.25, 0.3) is 5.56 Å². The molecule has 1 aliphatic carbocycles. The summed E-state index contributed by atoms with van der Waals surface area (Å²) in [5, 5.41) is 13.6. The molecule has 1 aromatic carbocycles. The summed E-state index contributed by atoms with van der Waals surface area (Å²) in [6, 6.07) is 8.10. The normalized spacial score (nSPS) is 19.2. The van der Waals surface area contributed by atoms with Crippen LogP contribution in [0.25, 0.3) is 10.9 Å². The van der Waals surface area contributed by atoms with Gasteiger partial charge in [-0.15, -0.1) is 5.10 Å². The van der Waals surface area contributed by atoms with Crippen LogP contribution in [-0.2, 0) is 17.8 Å². The van der Waals surface area contributed by atoms with E-state index in [4.69, 9.17) is 9.47 Å². The van der Waals surface area contributed by atoms with Crippen LogP contribution in [0.3, 0.4) is 0 Å². The first kappa shape index (κ1) is 22.0. The Morgan fingerprint density at radius 2 is 2.06 bits per heavy atom. The fraction of sp³-hybridized carbons (Fsp3) is 0.583. The third-order valence-corrected chi connectivity index (χ3v) is 6.68. The number of nitrogens with zero attached hydrogens (tertiary/aromatic N) is 5. The summed E-state index contributed by atoms with van der Waals surface area (Å²) in [6.07, 6.45) is 6.97. The molecule has 1 N–H and O–H groups in total. The van der Waals surface area contributed by atoms with Crippen molar-refractivity contribution in [3.05, 3.63) is 46.0 Å². The van der Waals surface area contributed by atoms with Gasteiger partial charge >= 0.3 is 0 Å². The summed E-state index contributed by atoms with van der Waals surface area (Å²) in [6.45, 7) is 5.20. The fourth-order valence-corrected chi connectivity index (χ4v) is 5.05. The summed E-state index contributed by atoms with van der Waals surface area (Å²) < 4.78 is 13.5. The first-order valence-corrected chi connectivity index (χ1v) is 12.1. The Labute approximate surface area is 193 Å². The molecule has 2 aliphatic rings. The van der Waals surface area contributed by atoms with Crippen LogP contribution in [0.1, 0.15) is 62.9 Å². The highest BCUT2D eigenvalue weighted by molar-refractivity contribution is 5.80. The van der Waals surface area contributed by atoms with E-state index >= 15 is 0 Å². The SMILES string of the molecule is CCOc1ccc2[nH]c(=O)c(CN(Cc3nnnn3C3CCCC3)C[C@H]3CCCO3)cc2c1. The second-order valence-corrected chi connectivity index (χ2v) is 9.09. The van der Waals surface area contributed by atoms with Gasteiger partial charge in [0.1, 0.15) is 5.75 Å². The van der Waals surface area contributed by atoms with Crippen molar-refractivity contribution in [3.8, 4) is 5.75 Å². The lowest BCUT2D eigenvalue weighted by Gasteiger charge is -2.25. The second-order valence-electron chi connectivity index (χ2n) is 9.09. The number of hydrogen-bond acceptors (Lipinski definition) is 7. The van der Waals surface area contributed by atoms with Gasteiger partial charge in [0.15, 0.2) is 5.82 Å². The Morgan fingerprint density at radius 1 is 1.18 bits per heavy atom. The molecule has 9 nitrogen and oxygen atoms in total. The Balaban J connectivity index is 1.41. The van der Waals surface area contributed by atoms with E-state index in [1.807, 2.05) is 35.9 Å². The predicted molar refractivity (Wildman–Crippen MR) is 124 cm³/mol. The molecule has 1 aliphatic heterocycles. The largest absolute Gasteiger partial charge is 0.494 e. The molecule has 33 heavy (non-hydrogen) atoms. The molecule has 1 atom stereocenters. The molecule has 0 amide bonds. The van der Waals surface area contributed by atoms with E-state index in [1.54, 1.807) is 0 Å². The number of nitrogens with one attached hydrogen (secondary N) is 1. The van der Waals surface area contributed by atoms with Gasteiger partial charge in [-0.1, -0.05) is 12.8 Å². The quantitative estimate of drug-likeness (QED) is 0.532. The van der Waals surface area contributed by atoms with Crippen LogP contribution in [0.4, 0.5) is 0 Å². The van der Waals surface area contributed by atoms with Crippen LogP contribution < -0.4 is 10.3 Å². The lowest BCUT2D eigenvalue weighted by molar-refractivity contribution is 0.0661. The van der Waals surface area contributed by atoms with Crippen molar-refractivity contribution < 1.29 is 9.47 Å². The first-order valence-electron chi connectivity index (χ1n) is 12.1. The van der Waals surface area contributed by atoms with Gasteiger partial charge in [0, 0.05) is 36.2 Å². The van der Waals surface area contributed by atoms with Crippen LogP contribution in [0.15, 0.2) is 29.1 Å². The van der Waals surface area contributed by atoms with E-state index in [-0.39, 0.29) is 11.7 Å². The average molecular weight is 453 g/mol. The van der Waals surface area contributed by atoms with Crippen molar-refractivity contribution >= 4 is 10.9 Å². The minimum Gasteiger partial charge on any atom is -0.494 e. The van der Waals surface area contributed by atoms with E-state index in [1.165, 1.54) is 12.8 Å². The van der Waals surface area contributed by atoms with Gasteiger partial charge in [-0.2, -0.15) is 0 Å². The molecule has 9 heteroatoms. The van der Waals surface area contributed by atoms with Crippen molar-refractivity contribution in [2.75, 3.05) is 19.8 Å². The fourth-order valence-electron chi connectivity index (χ4n) is 5.05. The van der Waals surface area contributed by atoms with Crippen molar-refractivity contribution in [1.82, 2.24) is 30.1 Å². The highest BCUT2D eigenvalue weighted by atomic mass is 16.5. The zero-order valence-electron chi connectivity index (χ0n) is 19.2. The predicted octanol–water partition coefficient (Wildman–Crippen LogP) is 3.21. The highest BCUT2D eigenvalue weighted by Gasteiger charge is 2.25. The maximum absolute atomic E-state index is 12.9. The molecular formula is C24H32N6O3. The van der Waals surface area contributed by atoms with Crippen molar-refractivity contribution in [2.24, 2.45) is 0 Å². The summed E-state index contributed by atoms with van der Waals surface area (Å²) in [5.41, 5.74) is 1.46. The van der Waals surface area contributed by atoms with Crippen molar-refractivity contribution in [2.45, 2.75) is 70.7 Å². The van der Waals surface area contributed by atoms with Gasteiger partial charge in [-0.25, -0.2) is 4.68 Å². The van der Waals surface area contributed by atoms with Gasteiger partial charge in [0.05, 0.1) is 25.3 Å². The van der Waals surface area contributed by atoms with E-state index in [0.29, 0.717) is 31.3 Å². The molecule has 2 fully saturated rings. The van der Waals surface area contributed by atoms with Gasteiger partial charge < -0.3 is 14.5 Å². The summed E-state index contributed by atoms with van der Waals surface area (Å²) in [5.74, 6) is 1.66. The Kier molecular flexibility index (Phi) is 6.68. The Bertz CT molecular complexity index is 1130. The molecular weight excluding hydrogens is 420 g/mol. The van der Waals surface area contributed by atoms with E-state index in [0.717, 1.165) is 61.3 Å². The Morgan fingerprint density at radius 3 is 2.85 bits per heavy atom. The third kappa shape index (κ3) is 5.09. The molecule has 3 aromatic rings. The number of aromatic amines is 1. The van der Waals surface area contributed by atoms with Crippen LogP contribution in [0.5, 0.6) is 5.75 Å². The standard InChI is InChI=1S/C24H32N6O3/c1-2-32-20-9-10-22-17(13-20)12-18(24(31)25-22)14-29(15-21-8-5-11-33-21)16-23-26-27-28-30(23)19-6-3-4-7-19/h9-10,12-13,19,21H,2-8,11,14-16H2,1H3,(H,25,31)/t21-/m1/s1.